The molecule has 0 aromatic heterocycles. The predicted octanol–water partition coefficient (Wildman–Crippen LogP) is 1.08. The summed E-state index contributed by atoms with van der Waals surface area (Å²) in [5.74, 6) is 0.571. The van der Waals surface area contributed by atoms with Gasteiger partial charge in [-0.25, -0.2) is 0 Å². The Hall–Kier alpha value is -0.160. The zero-order valence-corrected chi connectivity index (χ0v) is 10.5. The first kappa shape index (κ1) is 11.9. The number of hydrogen-bond acceptors (Lipinski definition) is 4. The van der Waals surface area contributed by atoms with E-state index >= 15 is 0 Å². The van der Waals surface area contributed by atoms with Crippen molar-refractivity contribution in [3.63, 3.8) is 0 Å². The second kappa shape index (κ2) is 4.50. The van der Waals surface area contributed by atoms with E-state index < -0.39 is 0 Å². The van der Waals surface area contributed by atoms with Crippen molar-refractivity contribution in [2.75, 3.05) is 33.0 Å². The molecule has 0 aliphatic carbocycles. The molecule has 0 saturated carbocycles. The van der Waals surface area contributed by atoms with E-state index in [0.29, 0.717) is 5.92 Å². The first-order chi connectivity index (χ1) is 8.23. The lowest BCUT2D eigenvalue weighted by molar-refractivity contribution is -0.117. The summed E-state index contributed by atoms with van der Waals surface area (Å²) in [4.78, 5) is 0. The molecule has 0 radical (unpaired) electrons. The molecule has 3 saturated heterocycles. The SMILES string of the molecule is NC1(C2CCOC3(CCOC3)C2)CCOCC1. The van der Waals surface area contributed by atoms with Gasteiger partial charge in [0, 0.05) is 38.4 Å². The van der Waals surface area contributed by atoms with Crippen molar-refractivity contribution in [1.82, 2.24) is 0 Å². The molecule has 1 spiro atoms. The van der Waals surface area contributed by atoms with Gasteiger partial charge in [-0.05, 0) is 31.6 Å². The Morgan fingerprint density at radius 1 is 0.941 bits per heavy atom. The highest BCUT2D eigenvalue weighted by atomic mass is 16.6. The van der Waals surface area contributed by atoms with Gasteiger partial charge in [0.25, 0.3) is 0 Å². The van der Waals surface area contributed by atoms with Crippen molar-refractivity contribution in [1.29, 1.82) is 0 Å². The fourth-order valence-corrected chi connectivity index (χ4v) is 3.54. The summed E-state index contributed by atoms with van der Waals surface area (Å²) in [6.07, 6.45) is 5.20. The first-order valence-corrected chi connectivity index (χ1v) is 6.81. The minimum Gasteiger partial charge on any atom is -0.381 e. The van der Waals surface area contributed by atoms with Gasteiger partial charge in [0.1, 0.15) is 0 Å². The molecule has 0 bridgehead atoms. The van der Waals surface area contributed by atoms with E-state index in [1.165, 1.54) is 0 Å². The summed E-state index contributed by atoms with van der Waals surface area (Å²) >= 11 is 0. The lowest BCUT2D eigenvalue weighted by atomic mass is 9.70. The van der Waals surface area contributed by atoms with Gasteiger partial charge in [-0.15, -0.1) is 0 Å². The quantitative estimate of drug-likeness (QED) is 0.746. The zero-order valence-electron chi connectivity index (χ0n) is 10.5. The van der Waals surface area contributed by atoms with Crippen LogP contribution in [0, 0.1) is 5.92 Å². The van der Waals surface area contributed by atoms with E-state index in [-0.39, 0.29) is 11.1 Å². The summed E-state index contributed by atoms with van der Waals surface area (Å²) in [7, 11) is 0. The molecule has 4 nitrogen and oxygen atoms in total. The van der Waals surface area contributed by atoms with Gasteiger partial charge in [0.15, 0.2) is 0 Å². The Kier molecular flexibility index (Phi) is 3.15. The van der Waals surface area contributed by atoms with E-state index in [9.17, 15) is 0 Å². The molecule has 0 aromatic carbocycles. The second-order valence-corrected chi connectivity index (χ2v) is 5.87. The number of rotatable bonds is 1. The third kappa shape index (κ3) is 2.24. The minimum atomic E-state index is -0.0301. The average molecular weight is 241 g/mol. The summed E-state index contributed by atoms with van der Waals surface area (Å²) in [6.45, 7) is 4.08. The maximum absolute atomic E-state index is 6.61. The van der Waals surface area contributed by atoms with Gasteiger partial charge >= 0.3 is 0 Å². The van der Waals surface area contributed by atoms with Gasteiger partial charge in [0.05, 0.1) is 12.2 Å². The average Bonchev–Trinajstić information content (AvgIpc) is 2.78. The molecular formula is C13H23NO3. The van der Waals surface area contributed by atoms with E-state index in [0.717, 1.165) is 65.1 Å². The van der Waals surface area contributed by atoms with Gasteiger partial charge in [-0.1, -0.05) is 0 Å². The summed E-state index contributed by atoms with van der Waals surface area (Å²) in [5.41, 5.74) is 6.56. The standard InChI is InChI=1S/C13H23NO3/c14-13(3-7-15-8-4-13)11-1-5-17-12(9-11)2-6-16-10-12/h11H,1-10,14H2. The number of nitrogens with two attached hydrogens (primary N) is 1. The Morgan fingerprint density at radius 3 is 2.41 bits per heavy atom. The van der Waals surface area contributed by atoms with E-state index in [1.54, 1.807) is 0 Å². The van der Waals surface area contributed by atoms with Crippen LogP contribution in [0.2, 0.25) is 0 Å². The maximum Gasteiger partial charge on any atom is 0.0940 e. The van der Waals surface area contributed by atoms with Crippen LogP contribution in [0.3, 0.4) is 0 Å². The van der Waals surface area contributed by atoms with Crippen LogP contribution in [0.4, 0.5) is 0 Å². The highest BCUT2D eigenvalue weighted by Gasteiger charge is 2.47. The van der Waals surface area contributed by atoms with E-state index in [1.807, 2.05) is 0 Å². The third-order valence-electron chi connectivity index (χ3n) is 4.80. The predicted molar refractivity (Wildman–Crippen MR) is 63.8 cm³/mol. The molecule has 0 aromatic rings. The number of hydrogen-bond donors (Lipinski definition) is 1. The molecule has 2 unspecified atom stereocenters. The normalized spacial score (nSPS) is 41.8. The highest BCUT2D eigenvalue weighted by molar-refractivity contribution is 5.00. The molecule has 98 valence electrons. The summed E-state index contributed by atoms with van der Waals surface area (Å²) in [6, 6.07) is 0. The molecule has 3 aliphatic rings. The number of ether oxygens (including phenoxy) is 3. The van der Waals surface area contributed by atoms with Gasteiger partial charge < -0.3 is 19.9 Å². The largest absolute Gasteiger partial charge is 0.381 e. The molecule has 4 heteroatoms. The lowest BCUT2D eigenvalue weighted by Gasteiger charge is -2.47. The highest BCUT2D eigenvalue weighted by Crippen LogP contribution is 2.42. The maximum atomic E-state index is 6.61. The molecule has 0 amide bonds. The Labute approximate surface area is 103 Å². The fourth-order valence-electron chi connectivity index (χ4n) is 3.54. The van der Waals surface area contributed by atoms with Crippen molar-refractivity contribution < 1.29 is 14.2 Å². The van der Waals surface area contributed by atoms with E-state index in [2.05, 4.69) is 0 Å². The van der Waals surface area contributed by atoms with Crippen molar-refractivity contribution in [3.8, 4) is 0 Å². The van der Waals surface area contributed by atoms with Gasteiger partial charge in [0.2, 0.25) is 0 Å². The minimum absolute atomic E-state index is 0.0202. The molecule has 3 fully saturated rings. The molecule has 3 aliphatic heterocycles. The summed E-state index contributed by atoms with van der Waals surface area (Å²) < 4.78 is 16.9. The Morgan fingerprint density at radius 2 is 1.71 bits per heavy atom. The van der Waals surface area contributed by atoms with Crippen molar-refractivity contribution in [2.45, 2.75) is 43.2 Å². The van der Waals surface area contributed by atoms with Gasteiger partial charge in [-0.2, -0.15) is 0 Å². The Bertz CT molecular complexity index is 270. The Balaban J connectivity index is 1.70. The smallest absolute Gasteiger partial charge is 0.0940 e. The van der Waals surface area contributed by atoms with Crippen LogP contribution >= 0.6 is 0 Å². The molecule has 2 atom stereocenters. The third-order valence-corrected chi connectivity index (χ3v) is 4.80. The van der Waals surface area contributed by atoms with Crippen LogP contribution in [0.1, 0.15) is 32.1 Å². The summed E-state index contributed by atoms with van der Waals surface area (Å²) in [5, 5.41) is 0. The molecule has 2 N–H and O–H groups in total. The molecule has 3 heterocycles. The van der Waals surface area contributed by atoms with Crippen LogP contribution in [-0.4, -0.2) is 44.2 Å². The van der Waals surface area contributed by atoms with Crippen LogP contribution in [0.25, 0.3) is 0 Å². The van der Waals surface area contributed by atoms with Crippen LogP contribution < -0.4 is 5.73 Å². The molecule has 3 rings (SSSR count). The molecular weight excluding hydrogens is 218 g/mol. The van der Waals surface area contributed by atoms with Crippen molar-refractivity contribution in [3.05, 3.63) is 0 Å². The van der Waals surface area contributed by atoms with Crippen molar-refractivity contribution >= 4 is 0 Å². The lowest BCUT2D eigenvalue weighted by Crippen LogP contribution is -2.56. The zero-order chi connectivity index (χ0) is 11.8. The topological polar surface area (TPSA) is 53.7 Å². The van der Waals surface area contributed by atoms with Crippen LogP contribution in [-0.2, 0) is 14.2 Å². The van der Waals surface area contributed by atoms with E-state index in [4.69, 9.17) is 19.9 Å². The fraction of sp³-hybridized carbons (Fsp3) is 1.00. The van der Waals surface area contributed by atoms with Gasteiger partial charge in [-0.3, -0.25) is 0 Å². The van der Waals surface area contributed by atoms with Crippen molar-refractivity contribution in [2.24, 2.45) is 11.7 Å². The van der Waals surface area contributed by atoms with Crippen LogP contribution in [0.15, 0.2) is 0 Å². The second-order valence-electron chi connectivity index (χ2n) is 5.87. The first-order valence-electron chi connectivity index (χ1n) is 6.81. The molecule has 17 heavy (non-hydrogen) atoms. The van der Waals surface area contributed by atoms with Crippen LogP contribution in [0.5, 0.6) is 0 Å². The monoisotopic (exact) mass is 241 g/mol.